The van der Waals surface area contributed by atoms with E-state index in [-0.39, 0.29) is 12.5 Å². The van der Waals surface area contributed by atoms with E-state index in [0.29, 0.717) is 12.4 Å². The average molecular weight is 236 g/mol. The second-order valence-corrected chi connectivity index (χ2v) is 4.92. The van der Waals surface area contributed by atoms with Gasteiger partial charge in [-0.25, -0.2) is 0 Å². The monoisotopic (exact) mass is 236 g/mol. The molecule has 0 fully saturated rings. The van der Waals surface area contributed by atoms with E-state index in [4.69, 9.17) is 14.6 Å². The van der Waals surface area contributed by atoms with E-state index in [9.17, 15) is 4.79 Å². The molecule has 0 aliphatic carbocycles. The number of aliphatic carboxylic acids is 1. The van der Waals surface area contributed by atoms with Gasteiger partial charge in [-0.15, -0.1) is 0 Å². The molecule has 1 atom stereocenters. The topological polar surface area (TPSA) is 55.8 Å². The Kier molecular flexibility index (Phi) is 2.96. The van der Waals surface area contributed by atoms with Crippen LogP contribution >= 0.6 is 0 Å². The number of rotatable bonds is 3. The lowest BCUT2D eigenvalue weighted by atomic mass is 9.83. The summed E-state index contributed by atoms with van der Waals surface area (Å²) < 4.78 is 11.4. The van der Waals surface area contributed by atoms with Crippen molar-refractivity contribution >= 4 is 5.97 Å². The van der Waals surface area contributed by atoms with Crippen molar-refractivity contribution in [1.82, 2.24) is 0 Å². The van der Waals surface area contributed by atoms with Crippen LogP contribution in [-0.2, 0) is 4.79 Å². The van der Waals surface area contributed by atoms with Crippen molar-refractivity contribution in [3.05, 3.63) is 24.3 Å². The summed E-state index contributed by atoms with van der Waals surface area (Å²) in [5, 5.41) is 8.88. The summed E-state index contributed by atoms with van der Waals surface area (Å²) in [6.45, 7) is 4.14. The van der Waals surface area contributed by atoms with Gasteiger partial charge in [-0.05, 0) is 12.1 Å². The van der Waals surface area contributed by atoms with Crippen LogP contribution in [0.1, 0.15) is 20.3 Å². The summed E-state index contributed by atoms with van der Waals surface area (Å²) in [4.78, 5) is 10.8. The molecular formula is C13H16O4. The highest BCUT2D eigenvalue weighted by molar-refractivity contribution is 5.67. The van der Waals surface area contributed by atoms with Crippen molar-refractivity contribution in [1.29, 1.82) is 0 Å². The highest BCUT2D eigenvalue weighted by Gasteiger charge is 2.37. The fraction of sp³-hybridized carbons (Fsp3) is 0.462. The molecule has 0 radical (unpaired) electrons. The molecule has 0 saturated heterocycles. The number of carboxylic acid groups (broad SMARTS) is 1. The first-order valence-corrected chi connectivity index (χ1v) is 5.59. The Hall–Kier alpha value is -1.71. The lowest BCUT2D eigenvalue weighted by Crippen LogP contribution is -2.42. The molecule has 92 valence electrons. The van der Waals surface area contributed by atoms with Crippen LogP contribution in [0.25, 0.3) is 0 Å². The number of ether oxygens (including phenoxy) is 2. The molecule has 1 aromatic rings. The first-order valence-electron chi connectivity index (χ1n) is 5.59. The molecule has 0 aromatic heterocycles. The molecule has 1 unspecified atom stereocenters. The molecular weight excluding hydrogens is 220 g/mol. The number of hydrogen-bond donors (Lipinski definition) is 1. The summed E-state index contributed by atoms with van der Waals surface area (Å²) >= 11 is 0. The van der Waals surface area contributed by atoms with Crippen LogP contribution in [0.5, 0.6) is 11.5 Å². The zero-order chi connectivity index (χ0) is 12.5. The molecule has 1 aromatic carbocycles. The molecule has 1 heterocycles. The Morgan fingerprint density at radius 1 is 1.41 bits per heavy atom. The fourth-order valence-corrected chi connectivity index (χ4v) is 1.91. The highest BCUT2D eigenvalue weighted by Crippen LogP contribution is 2.37. The summed E-state index contributed by atoms with van der Waals surface area (Å²) in [7, 11) is 0. The van der Waals surface area contributed by atoms with Gasteiger partial charge in [-0.3, -0.25) is 4.79 Å². The SMILES string of the molecule is CC(C)(CC(=O)O)C1COc2ccccc2O1. The molecule has 1 aliphatic rings. The van der Waals surface area contributed by atoms with Crippen LogP contribution in [0.4, 0.5) is 0 Å². The van der Waals surface area contributed by atoms with E-state index < -0.39 is 11.4 Å². The predicted molar refractivity (Wildman–Crippen MR) is 62.4 cm³/mol. The zero-order valence-electron chi connectivity index (χ0n) is 9.97. The van der Waals surface area contributed by atoms with Gasteiger partial charge in [-0.1, -0.05) is 26.0 Å². The van der Waals surface area contributed by atoms with E-state index in [0.717, 1.165) is 5.75 Å². The van der Waals surface area contributed by atoms with Crippen LogP contribution in [0, 0.1) is 5.41 Å². The van der Waals surface area contributed by atoms with Crippen molar-refractivity contribution in [2.24, 2.45) is 5.41 Å². The Balaban J connectivity index is 2.14. The van der Waals surface area contributed by atoms with Crippen LogP contribution < -0.4 is 9.47 Å². The van der Waals surface area contributed by atoms with Gasteiger partial charge in [0.25, 0.3) is 0 Å². The summed E-state index contributed by atoms with van der Waals surface area (Å²) in [6.07, 6.45) is -0.183. The van der Waals surface area contributed by atoms with Gasteiger partial charge in [0.1, 0.15) is 12.7 Å². The molecule has 2 rings (SSSR count). The third kappa shape index (κ3) is 2.52. The maximum absolute atomic E-state index is 10.8. The molecule has 0 bridgehead atoms. The van der Waals surface area contributed by atoms with Crippen LogP contribution in [0.2, 0.25) is 0 Å². The number of para-hydroxylation sites is 2. The molecule has 0 amide bonds. The highest BCUT2D eigenvalue weighted by atomic mass is 16.6. The third-order valence-corrected chi connectivity index (χ3v) is 2.99. The van der Waals surface area contributed by atoms with Gasteiger partial charge in [0.15, 0.2) is 11.5 Å². The second-order valence-electron chi connectivity index (χ2n) is 4.92. The van der Waals surface area contributed by atoms with Gasteiger partial charge in [0.05, 0.1) is 6.42 Å². The molecule has 4 nitrogen and oxygen atoms in total. The van der Waals surface area contributed by atoms with Gasteiger partial charge in [-0.2, -0.15) is 0 Å². The minimum atomic E-state index is -0.822. The van der Waals surface area contributed by atoms with Crippen molar-refractivity contribution in [2.45, 2.75) is 26.4 Å². The Morgan fingerprint density at radius 2 is 2.06 bits per heavy atom. The lowest BCUT2D eigenvalue weighted by Gasteiger charge is -2.36. The molecule has 0 spiro atoms. The molecule has 17 heavy (non-hydrogen) atoms. The van der Waals surface area contributed by atoms with Gasteiger partial charge < -0.3 is 14.6 Å². The van der Waals surface area contributed by atoms with E-state index in [1.807, 2.05) is 38.1 Å². The number of carbonyl (C=O) groups is 1. The first kappa shape index (κ1) is 11.8. The van der Waals surface area contributed by atoms with E-state index in [1.165, 1.54) is 0 Å². The van der Waals surface area contributed by atoms with Crippen molar-refractivity contribution in [2.75, 3.05) is 6.61 Å². The standard InChI is InChI=1S/C13H16O4/c1-13(2,7-12(14)15)11-8-16-9-5-3-4-6-10(9)17-11/h3-6,11H,7-8H2,1-2H3,(H,14,15). The molecule has 1 N–H and O–H groups in total. The Bertz CT molecular complexity index is 425. The summed E-state index contributed by atoms with van der Waals surface area (Å²) in [5.74, 6) is 0.578. The fourth-order valence-electron chi connectivity index (χ4n) is 1.91. The van der Waals surface area contributed by atoms with E-state index in [2.05, 4.69) is 0 Å². The maximum atomic E-state index is 10.8. The predicted octanol–water partition coefficient (Wildman–Crippen LogP) is 2.33. The maximum Gasteiger partial charge on any atom is 0.304 e. The van der Waals surface area contributed by atoms with E-state index in [1.54, 1.807) is 0 Å². The Labute approximate surface area is 100 Å². The van der Waals surface area contributed by atoms with E-state index >= 15 is 0 Å². The number of hydrogen-bond acceptors (Lipinski definition) is 3. The van der Waals surface area contributed by atoms with Gasteiger partial charge >= 0.3 is 5.97 Å². The quantitative estimate of drug-likeness (QED) is 0.875. The van der Waals surface area contributed by atoms with Crippen molar-refractivity contribution < 1.29 is 19.4 Å². The third-order valence-electron chi connectivity index (χ3n) is 2.99. The number of benzene rings is 1. The average Bonchev–Trinajstić information content (AvgIpc) is 2.26. The van der Waals surface area contributed by atoms with Crippen LogP contribution in [0.3, 0.4) is 0 Å². The molecule has 4 heteroatoms. The van der Waals surface area contributed by atoms with Crippen molar-refractivity contribution in [3.63, 3.8) is 0 Å². The summed E-state index contributed by atoms with van der Waals surface area (Å²) in [5.41, 5.74) is -0.459. The normalized spacial score (nSPS) is 18.8. The molecule has 1 aliphatic heterocycles. The summed E-state index contributed by atoms with van der Waals surface area (Å²) in [6, 6.07) is 7.42. The minimum absolute atomic E-state index is 0.0587. The minimum Gasteiger partial charge on any atom is -0.486 e. The Morgan fingerprint density at radius 3 is 2.71 bits per heavy atom. The second kappa shape index (κ2) is 4.28. The van der Waals surface area contributed by atoms with Crippen LogP contribution in [-0.4, -0.2) is 23.8 Å². The largest absolute Gasteiger partial charge is 0.486 e. The van der Waals surface area contributed by atoms with Crippen LogP contribution in [0.15, 0.2) is 24.3 Å². The van der Waals surface area contributed by atoms with Crippen molar-refractivity contribution in [3.8, 4) is 11.5 Å². The number of carboxylic acids is 1. The first-order chi connectivity index (χ1) is 7.99. The van der Waals surface area contributed by atoms with Gasteiger partial charge in [0.2, 0.25) is 0 Å². The molecule has 0 saturated carbocycles. The smallest absolute Gasteiger partial charge is 0.304 e. The lowest BCUT2D eigenvalue weighted by molar-refractivity contribution is -0.141. The number of fused-ring (bicyclic) bond motifs is 1. The zero-order valence-corrected chi connectivity index (χ0v) is 9.97. The van der Waals surface area contributed by atoms with Gasteiger partial charge in [0, 0.05) is 5.41 Å².